The van der Waals surface area contributed by atoms with Crippen LogP contribution in [0.15, 0.2) is 12.1 Å². The topological polar surface area (TPSA) is 15.3 Å². The van der Waals surface area contributed by atoms with Crippen LogP contribution in [0.25, 0.3) is 0 Å². The predicted octanol–water partition coefficient (Wildman–Crippen LogP) is 2.68. The van der Waals surface area contributed by atoms with Crippen LogP contribution in [-0.4, -0.2) is 25.7 Å². The van der Waals surface area contributed by atoms with E-state index in [1.807, 2.05) is 4.90 Å². The molecule has 1 atom stereocenters. The van der Waals surface area contributed by atoms with E-state index in [0.29, 0.717) is 24.8 Å². The lowest BCUT2D eigenvalue weighted by Crippen LogP contribution is -2.50. The highest BCUT2D eigenvalue weighted by Gasteiger charge is 2.21. The van der Waals surface area contributed by atoms with Gasteiger partial charge in [-0.25, -0.2) is 13.2 Å². The van der Waals surface area contributed by atoms with Gasteiger partial charge >= 0.3 is 0 Å². The number of halogens is 3. The summed E-state index contributed by atoms with van der Waals surface area (Å²) in [4.78, 5) is 1.89. The summed E-state index contributed by atoms with van der Waals surface area (Å²) in [5, 5.41) is 3.36. The third kappa shape index (κ3) is 2.77. The van der Waals surface area contributed by atoms with E-state index in [1.54, 1.807) is 0 Å². The molecule has 1 saturated heterocycles. The summed E-state index contributed by atoms with van der Waals surface area (Å²) >= 11 is 0. The second-order valence-corrected chi connectivity index (χ2v) is 4.61. The van der Waals surface area contributed by atoms with Crippen molar-refractivity contribution in [3.05, 3.63) is 29.6 Å². The minimum atomic E-state index is -1.40. The summed E-state index contributed by atoms with van der Waals surface area (Å²) < 4.78 is 39.3. The standard InChI is InChI=1S/C13H17F3N2/c1-2-3-9-8-18(5-4-17-9)10-6-11(14)13(16)12(15)7-10/h6-7,9,17H,2-5,8H2,1H3. The fourth-order valence-electron chi connectivity index (χ4n) is 2.33. The molecule has 2 rings (SSSR count). The van der Waals surface area contributed by atoms with Gasteiger partial charge in [-0.3, -0.25) is 0 Å². The summed E-state index contributed by atoms with van der Waals surface area (Å²) in [6, 6.07) is 2.44. The molecular weight excluding hydrogens is 241 g/mol. The number of anilines is 1. The van der Waals surface area contributed by atoms with Gasteiger partial charge in [0.1, 0.15) is 0 Å². The average Bonchev–Trinajstić information content (AvgIpc) is 2.36. The summed E-state index contributed by atoms with van der Waals surface area (Å²) in [5.74, 6) is -3.66. The Hall–Kier alpha value is -1.23. The van der Waals surface area contributed by atoms with E-state index in [1.165, 1.54) is 0 Å². The van der Waals surface area contributed by atoms with Crippen molar-refractivity contribution in [1.29, 1.82) is 0 Å². The minimum absolute atomic E-state index is 0.319. The highest BCUT2D eigenvalue weighted by molar-refractivity contribution is 5.48. The van der Waals surface area contributed by atoms with Crippen LogP contribution in [0.2, 0.25) is 0 Å². The quantitative estimate of drug-likeness (QED) is 0.839. The molecule has 1 heterocycles. The van der Waals surface area contributed by atoms with Crippen LogP contribution in [0.4, 0.5) is 18.9 Å². The summed E-state index contributed by atoms with van der Waals surface area (Å²) in [5.41, 5.74) is 0.411. The molecule has 1 aromatic carbocycles. The first-order chi connectivity index (χ1) is 8.61. The van der Waals surface area contributed by atoms with E-state index in [0.717, 1.165) is 31.5 Å². The van der Waals surface area contributed by atoms with E-state index in [4.69, 9.17) is 0 Å². The Labute approximate surface area is 105 Å². The van der Waals surface area contributed by atoms with Crippen LogP contribution in [0, 0.1) is 17.5 Å². The largest absolute Gasteiger partial charge is 0.369 e. The second-order valence-electron chi connectivity index (χ2n) is 4.61. The van der Waals surface area contributed by atoms with Crippen LogP contribution in [0.1, 0.15) is 19.8 Å². The number of rotatable bonds is 3. The van der Waals surface area contributed by atoms with Crippen molar-refractivity contribution in [2.24, 2.45) is 0 Å². The average molecular weight is 258 g/mol. The Morgan fingerprint density at radius 1 is 1.28 bits per heavy atom. The van der Waals surface area contributed by atoms with Gasteiger partial charge in [0.25, 0.3) is 0 Å². The van der Waals surface area contributed by atoms with Crippen molar-refractivity contribution in [2.75, 3.05) is 24.5 Å². The highest BCUT2D eigenvalue weighted by Crippen LogP contribution is 2.22. The van der Waals surface area contributed by atoms with Crippen molar-refractivity contribution < 1.29 is 13.2 Å². The third-order valence-corrected chi connectivity index (χ3v) is 3.23. The number of hydrogen-bond donors (Lipinski definition) is 1. The zero-order valence-corrected chi connectivity index (χ0v) is 10.3. The molecule has 0 amide bonds. The lowest BCUT2D eigenvalue weighted by Gasteiger charge is -2.35. The van der Waals surface area contributed by atoms with Gasteiger partial charge in [0.2, 0.25) is 0 Å². The van der Waals surface area contributed by atoms with Crippen molar-refractivity contribution in [3.8, 4) is 0 Å². The van der Waals surface area contributed by atoms with Crippen LogP contribution in [-0.2, 0) is 0 Å². The number of nitrogens with zero attached hydrogens (tertiary/aromatic N) is 1. The Balaban J connectivity index is 2.15. The maximum atomic E-state index is 13.2. The fraction of sp³-hybridized carbons (Fsp3) is 0.538. The summed E-state index contributed by atoms with van der Waals surface area (Å²) in [7, 11) is 0. The lowest BCUT2D eigenvalue weighted by atomic mass is 10.1. The van der Waals surface area contributed by atoms with Crippen LogP contribution in [0.3, 0.4) is 0 Å². The van der Waals surface area contributed by atoms with Gasteiger partial charge in [-0.05, 0) is 6.42 Å². The van der Waals surface area contributed by atoms with E-state index in [2.05, 4.69) is 12.2 Å². The SMILES string of the molecule is CCCC1CN(c2cc(F)c(F)c(F)c2)CCN1. The van der Waals surface area contributed by atoms with Gasteiger partial charge in [-0.2, -0.15) is 0 Å². The van der Waals surface area contributed by atoms with Gasteiger partial charge in [-0.15, -0.1) is 0 Å². The maximum absolute atomic E-state index is 13.2. The zero-order chi connectivity index (χ0) is 13.1. The zero-order valence-electron chi connectivity index (χ0n) is 10.3. The van der Waals surface area contributed by atoms with Gasteiger partial charge in [0.05, 0.1) is 0 Å². The second kappa shape index (κ2) is 5.61. The van der Waals surface area contributed by atoms with Crippen LogP contribution in [0.5, 0.6) is 0 Å². The molecule has 1 aromatic rings. The summed E-state index contributed by atoms with van der Waals surface area (Å²) in [6.45, 7) is 4.23. The lowest BCUT2D eigenvalue weighted by molar-refractivity contribution is 0.425. The molecule has 0 aliphatic carbocycles. The van der Waals surface area contributed by atoms with Crippen molar-refractivity contribution in [2.45, 2.75) is 25.8 Å². The predicted molar refractivity (Wildman–Crippen MR) is 65.2 cm³/mol. The molecule has 1 aliphatic rings. The molecule has 5 heteroatoms. The maximum Gasteiger partial charge on any atom is 0.194 e. The van der Waals surface area contributed by atoms with Crippen molar-refractivity contribution in [1.82, 2.24) is 5.32 Å². The molecule has 0 bridgehead atoms. The van der Waals surface area contributed by atoms with Gasteiger partial charge in [0.15, 0.2) is 17.5 Å². The van der Waals surface area contributed by atoms with Gasteiger partial charge < -0.3 is 10.2 Å². The highest BCUT2D eigenvalue weighted by atomic mass is 19.2. The van der Waals surface area contributed by atoms with E-state index in [9.17, 15) is 13.2 Å². The summed E-state index contributed by atoms with van der Waals surface area (Å²) in [6.07, 6.45) is 2.07. The van der Waals surface area contributed by atoms with Crippen LogP contribution < -0.4 is 10.2 Å². The van der Waals surface area contributed by atoms with Gasteiger partial charge in [0, 0.05) is 43.5 Å². The first-order valence-corrected chi connectivity index (χ1v) is 6.24. The normalized spacial score (nSPS) is 20.2. The molecule has 1 N–H and O–H groups in total. The molecule has 0 radical (unpaired) electrons. The fourth-order valence-corrected chi connectivity index (χ4v) is 2.33. The van der Waals surface area contributed by atoms with Crippen molar-refractivity contribution >= 4 is 5.69 Å². The van der Waals surface area contributed by atoms with Crippen LogP contribution >= 0.6 is 0 Å². The third-order valence-electron chi connectivity index (χ3n) is 3.23. The molecule has 1 fully saturated rings. The molecular formula is C13H17F3N2. The Bertz CT molecular complexity index is 398. The molecule has 0 aromatic heterocycles. The molecule has 100 valence electrons. The molecule has 1 unspecified atom stereocenters. The Morgan fingerprint density at radius 2 is 1.94 bits per heavy atom. The Morgan fingerprint density at radius 3 is 2.56 bits per heavy atom. The number of benzene rings is 1. The molecule has 0 saturated carbocycles. The smallest absolute Gasteiger partial charge is 0.194 e. The molecule has 2 nitrogen and oxygen atoms in total. The minimum Gasteiger partial charge on any atom is -0.369 e. The molecule has 18 heavy (non-hydrogen) atoms. The van der Waals surface area contributed by atoms with E-state index in [-0.39, 0.29) is 0 Å². The monoisotopic (exact) mass is 258 g/mol. The molecule has 1 aliphatic heterocycles. The van der Waals surface area contributed by atoms with Gasteiger partial charge in [-0.1, -0.05) is 13.3 Å². The Kier molecular flexibility index (Phi) is 4.11. The first-order valence-electron chi connectivity index (χ1n) is 6.24. The molecule has 0 spiro atoms. The van der Waals surface area contributed by atoms with Crippen molar-refractivity contribution in [3.63, 3.8) is 0 Å². The first kappa shape index (κ1) is 13.2. The van der Waals surface area contributed by atoms with E-state index < -0.39 is 17.5 Å². The number of nitrogens with one attached hydrogen (secondary N) is 1. The van der Waals surface area contributed by atoms with E-state index >= 15 is 0 Å². The number of piperazine rings is 1. The number of hydrogen-bond acceptors (Lipinski definition) is 2.